The van der Waals surface area contributed by atoms with Crippen molar-refractivity contribution in [2.45, 2.75) is 45.4 Å². The van der Waals surface area contributed by atoms with Crippen molar-refractivity contribution in [2.24, 2.45) is 22.7 Å². The molecule has 0 N–H and O–H groups in total. The van der Waals surface area contributed by atoms with Gasteiger partial charge in [0.2, 0.25) is 0 Å². The Kier molecular flexibility index (Phi) is 2.76. The van der Waals surface area contributed by atoms with Crippen LogP contribution in [0, 0.1) is 22.7 Å². The number of rotatable bonds is 3. The van der Waals surface area contributed by atoms with Crippen LogP contribution in [-0.4, -0.2) is 12.9 Å². The van der Waals surface area contributed by atoms with E-state index < -0.39 is 0 Å². The van der Waals surface area contributed by atoms with Crippen LogP contribution in [0.5, 0.6) is 5.75 Å². The topological polar surface area (TPSA) is 26.3 Å². The van der Waals surface area contributed by atoms with Gasteiger partial charge in [0.05, 0.1) is 7.11 Å². The van der Waals surface area contributed by atoms with E-state index in [-0.39, 0.29) is 5.41 Å². The fraction of sp³-hybridized carbons (Fsp3) is 0.632. The molecular formula is C19H24O2. The Bertz CT molecular complexity index is 575. The van der Waals surface area contributed by atoms with Gasteiger partial charge >= 0.3 is 0 Å². The Morgan fingerprint density at radius 1 is 1.19 bits per heavy atom. The molecule has 21 heavy (non-hydrogen) atoms. The van der Waals surface area contributed by atoms with E-state index in [1.54, 1.807) is 7.11 Å². The monoisotopic (exact) mass is 284 g/mol. The van der Waals surface area contributed by atoms with E-state index in [1.807, 2.05) is 24.3 Å². The fourth-order valence-corrected chi connectivity index (χ4v) is 6.06. The zero-order valence-electron chi connectivity index (χ0n) is 13.0. The summed E-state index contributed by atoms with van der Waals surface area (Å²) in [5.74, 6) is 2.73. The van der Waals surface area contributed by atoms with E-state index in [0.29, 0.717) is 11.2 Å². The predicted octanol–water partition coefficient (Wildman–Crippen LogP) is 4.48. The number of Topliss-reactive ketones (excluding diaryl/α,β-unsaturated/α-hetero) is 1. The number of carbonyl (C=O) groups is 1. The molecule has 4 fully saturated rings. The lowest BCUT2D eigenvalue weighted by atomic mass is 9.43. The fourth-order valence-electron chi connectivity index (χ4n) is 6.06. The van der Waals surface area contributed by atoms with Crippen LogP contribution in [0.2, 0.25) is 0 Å². The molecule has 112 valence electrons. The number of hydrogen-bond acceptors (Lipinski definition) is 2. The van der Waals surface area contributed by atoms with Gasteiger partial charge in [-0.25, -0.2) is 0 Å². The molecule has 0 aromatic heterocycles. The molecule has 1 aromatic rings. The summed E-state index contributed by atoms with van der Waals surface area (Å²) in [7, 11) is 1.66. The summed E-state index contributed by atoms with van der Waals surface area (Å²) in [6.45, 7) is 2.41. The standard InChI is InChI=1S/C19H24O2/c1-18-8-13-6-14(9-18)11-19(10-13,12-18)17(20)15-4-3-5-16(7-15)21-2/h3-5,7,13-14H,6,8-12H2,1-2H3. The maximum absolute atomic E-state index is 13.3. The molecule has 5 rings (SSSR count). The normalized spacial score (nSPS) is 40.3. The van der Waals surface area contributed by atoms with Crippen LogP contribution in [0.3, 0.4) is 0 Å². The summed E-state index contributed by atoms with van der Waals surface area (Å²) in [5.41, 5.74) is 1.18. The molecular weight excluding hydrogens is 260 g/mol. The van der Waals surface area contributed by atoms with Gasteiger partial charge in [0.25, 0.3) is 0 Å². The second-order valence-electron chi connectivity index (χ2n) is 8.11. The molecule has 2 nitrogen and oxygen atoms in total. The molecule has 0 amide bonds. The first-order valence-corrected chi connectivity index (χ1v) is 8.21. The van der Waals surface area contributed by atoms with Gasteiger partial charge in [-0.05, 0) is 67.9 Å². The first-order valence-electron chi connectivity index (χ1n) is 8.21. The lowest BCUT2D eigenvalue weighted by Gasteiger charge is -2.60. The highest BCUT2D eigenvalue weighted by molar-refractivity contribution is 6.01. The lowest BCUT2D eigenvalue weighted by Crippen LogP contribution is -2.54. The van der Waals surface area contributed by atoms with Crippen molar-refractivity contribution >= 4 is 5.78 Å². The Morgan fingerprint density at radius 3 is 2.52 bits per heavy atom. The summed E-state index contributed by atoms with van der Waals surface area (Å²) in [4.78, 5) is 13.3. The summed E-state index contributed by atoms with van der Waals surface area (Å²) in [5, 5.41) is 0. The molecule has 2 heteroatoms. The Balaban J connectivity index is 1.70. The molecule has 4 bridgehead atoms. The van der Waals surface area contributed by atoms with E-state index in [4.69, 9.17) is 4.74 Å². The zero-order chi connectivity index (χ0) is 14.7. The van der Waals surface area contributed by atoms with Crippen LogP contribution in [0.25, 0.3) is 0 Å². The van der Waals surface area contributed by atoms with Gasteiger partial charge in [-0.1, -0.05) is 19.1 Å². The van der Waals surface area contributed by atoms with Crippen molar-refractivity contribution < 1.29 is 9.53 Å². The molecule has 0 aliphatic heterocycles. The van der Waals surface area contributed by atoms with Crippen LogP contribution in [-0.2, 0) is 0 Å². The SMILES string of the molecule is COc1cccc(C(=O)C23CC4CC(CC(C)(C4)C2)C3)c1. The maximum atomic E-state index is 13.3. The van der Waals surface area contributed by atoms with E-state index >= 15 is 0 Å². The highest BCUT2D eigenvalue weighted by Crippen LogP contribution is 2.65. The third-order valence-corrected chi connectivity index (χ3v) is 6.17. The lowest BCUT2D eigenvalue weighted by molar-refractivity contribution is -0.0820. The number of methoxy groups -OCH3 is 1. The van der Waals surface area contributed by atoms with E-state index in [1.165, 1.54) is 19.3 Å². The molecule has 0 saturated heterocycles. The number of carbonyl (C=O) groups excluding carboxylic acids is 1. The van der Waals surface area contributed by atoms with Gasteiger partial charge in [0.1, 0.15) is 5.75 Å². The quantitative estimate of drug-likeness (QED) is 0.765. The first kappa shape index (κ1) is 13.4. The summed E-state index contributed by atoms with van der Waals surface area (Å²) >= 11 is 0. The molecule has 2 atom stereocenters. The minimum absolute atomic E-state index is 0.0782. The molecule has 2 unspecified atom stereocenters. The average Bonchev–Trinajstić information content (AvgIpc) is 2.44. The third kappa shape index (κ3) is 2.03. The molecule has 0 heterocycles. The van der Waals surface area contributed by atoms with Crippen LogP contribution in [0.4, 0.5) is 0 Å². The summed E-state index contributed by atoms with van der Waals surface area (Å²) in [6, 6.07) is 7.74. The van der Waals surface area contributed by atoms with Crippen LogP contribution in [0.15, 0.2) is 24.3 Å². The smallest absolute Gasteiger partial charge is 0.169 e. The largest absolute Gasteiger partial charge is 0.497 e. The molecule has 0 radical (unpaired) electrons. The van der Waals surface area contributed by atoms with E-state index in [9.17, 15) is 4.79 Å². The van der Waals surface area contributed by atoms with Crippen molar-refractivity contribution in [2.75, 3.05) is 7.11 Å². The minimum Gasteiger partial charge on any atom is -0.497 e. The number of ether oxygens (including phenoxy) is 1. The summed E-state index contributed by atoms with van der Waals surface area (Å²) in [6.07, 6.45) is 7.39. The van der Waals surface area contributed by atoms with Crippen molar-refractivity contribution in [1.82, 2.24) is 0 Å². The van der Waals surface area contributed by atoms with Crippen LogP contribution in [0.1, 0.15) is 55.8 Å². The molecule has 1 aromatic carbocycles. The van der Waals surface area contributed by atoms with Crippen molar-refractivity contribution in [3.63, 3.8) is 0 Å². The van der Waals surface area contributed by atoms with Gasteiger partial charge in [-0.3, -0.25) is 4.79 Å². The Labute approximate surface area is 126 Å². The Morgan fingerprint density at radius 2 is 1.90 bits per heavy atom. The number of ketones is 1. The highest BCUT2D eigenvalue weighted by Gasteiger charge is 2.58. The highest BCUT2D eigenvalue weighted by atomic mass is 16.5. The van der Waals surface area contributed by atoms with Gasteiger partial charge in [-0.15, -0.1) is 0 Å². The zero-order valence-corrected chi connectivity index (χ0v) is 13.0. The van der Waals surface area contributed by atoms with E-state index in [0.717, 1.165) is 42.4 Å². The van der Waals surface area contributed by atoms with Gasteiger partial charge in [0.15, 0.2) is 5.78 Å². The number of benzene rings is 1. The maximum Gasteiger partial charge on any atom is 0.169 e. The third-order valence-electron chi connectivity index (χ3n) is 6.17. The van der Waals surface area contributed by atoms with Gasteiger partial charge in [-0.2, -0.15) is 0 Å². The van der Waals surface area contributed by atoms with Crippen LogP contribution < -0.4 is 4.74 Å². The first-order chi connectivity index (χ1) is 10.0. The number of hydrogen-bond donors (Lipinski definition) is 0. The minimum atomic E-state index is -0.0782. The molecule has 4 aliphatic carbocycles. The molecule has 0 spiro atoms. The van der Waals surface area contributed by atoms with Gasteiger partial charge < -0.3 is 4.74 Å². The molecule has 4 aliphatic rings. The van der Waals surface area contributed by atoms with Crippen LogP contribution >= 0.6 is 0 Å². The van der Waals surface area contributed by atoms with Crippen molar-refractivity contribution in [3.05, 3.63) is 29.8 Å². The van der Waals surface area contributed by atoms with E-state index in [2.05, 4.69) is 6.92 Å². The van der Waals surface area contributed by atoms with Gasteiger partial charge in [0, 0.05) is 11.0 Å². The average molecular weight is 284 g/mol. The second kappa shape index (κ2) is 4.34. The van der Waals surface area contributed by atoms with Crippen molar-refractivity contribution in [1.29, 1.82) is 0 Å². The predicted molar refractivity (Wildman–Crippen MR) is 82.5 cm³/mol. The van der Waals surface area contributed by atoms with Crippen molar-refractivity contribution in [3.8, 4) is 5.75 Å². The summed E-state index contributed by atoms with van der Waals surface area (Å²) < 4.78 is 5.29. The molecule has 4 saturated carbocycles. The Hall–Kier alpha value is -1.31. The second-order valence-corrected chi connectivity index (χ2v) is 8.11.